The number of benzene rings is 2. The van der Waals surface area contributed by atoms with E-state index in [-0.39, 0.29) is 36.8 Å². The zero-order valence-electron chi connectivity index (χ0n) is 18.5. The molecule has 0 aliphatic carbocycles. The number of hydrogen-bond donors (Lipinski definition) is 4. The van der Waals surface area contributed by atoms with Gasteiger partial charge in [-0.1, -0.05) is 29.8 Å². The average molecular weight is 479 g/mol. The average Bonchev–Trinajstić information content (AvgIpc) is 2.84. The van der Waals surface area contributed by atoms with Crippen LogP contribution in [0.25, 0.3) is 0 Å². The van der Waals surface area contributed by atoms with Crippen LogP contribution in [0.15, 0.2) is 42.5 Å². The summed E-state index contributed by atoms with van der Waals surface area (Å²) in [4.78, 5) is 26.0. The monoisotopic (exact) mass is 478 g/mol. The third-order valence-electron chi connectivity index (χ3n) is 4.80. The SMILES string of the molecule is COc1cccc(OC)c1C(=O)N[C@@H](CCCNC(=N)CF)C(=O)NCc1ccc(Cl)cc1. The molecule has 0 radical (unpaired) electrons. The van der Waals surface area contributed by atoms with Crippen molar-refractivity contribution in [3.8, 4) is 11.5 Å². The number of nitrogens with one attached hydrogen (secondary N) is 4. The van der Waals surface area contributed by atoms with E-state index in [1.165, 1.54) is 14.2 Å². The number of hydrogen-bond acceptors (Lipinski definition) is 5. The molecule has 2 amide bonds. The quantitative estimate of drug-likeness (QED) is 0.213. The van der Waals surface area contributed by atoms with E-state index in [1.54, 1.807) is 42.5 Å². The van der Waals surface area contributed by atoms with Crippen molar-refractivity contribution in [1.82, 2.24) is 16.0 Å². The lowest BCUT2D eigenvalue weighted by molar-refractivity contribution is -0.123. The number of amides is 2. The van der Waals surface area contributed by atoms with Gasteiger partial charge in [-0.05, 0) is 42.7 Å². The Bertz CT molecular complexity index is 934. The van der Waals surface area contributed by atoms with Gasteiger partial charge in [-0.25, -0.2) is 4.39 Å². The molecule has 178 valence electrons. The number of halogens is 2. The molecule has 0 unspecified atom stereocenters. The summed E-state index contributed by atoms with van der Waals surface area (Å²) in [6.07, 6.45) is 0.687. The van der Waals surface area contributed by atoms with Gasteiger partial charge in [0.05, 0.1) is 14.2 Å². The van der Waals surface area contributed by atoms with E-state index in [4.69, 9.17) is 26.5 Å². The van der Waals surface area contributed by atoms with E-state index in [9.17, 15) is 14.0 Å². The Morgan fingerprint density at radius 3 is 2.27 bits per heavy atom. The molecule has 0 spiro atoms. The largest absolute Gasteiger partial charge is 0.496 e. The number of alkyl halides is 1. The summed E-state index contributed by atoms with van der Waals surface area (Å²) >= 11 is 5.89. The summed E-state index contributed by atoms with van der Waals surface area (Å²) in [7, 11) is 2.88. The van der Waals surface area contributed by atoms with E-state index in [0.29, 0.717) is 22.9 Å². The third kappa shape index (κ3) is 7.94. The predicted octanol–water partition coefficient (Wildman–Crippen LogP) is 3.09. The Morgan fingerprint density at radius 2 is 1.70 bits per heavy atom. The van der Waals surface area contributed by atoms with Crippen molar-refractivity contribution in [3.63, 3.8) is 0 Å². The maximum atomic E-state index is 13.1. The van der Waals surface area contributed by atoms with Crippen molar-refractivity contribution in [1.29, 1.82) is 5.41 Å². The Morgan fingerprint density at radius 1 is 1.06 bits per heavy atom. The fourth-order valence-corrected chi connectivity index (χ4v) is 3.21. The van der Waals surface area contributed by atoms with Crippen LogP contribution in [0.2, 0.25) is 5.02 Å². The highest BCUT2D eigenvalue weighted by molar-refractivity contribution is 6.30. The third-order valence-corrected chi connectivity index (χ3v) is 5.05. The molecule has 1 atom stereocenters. The fourth-order valence-electron chi connectivity index (χ4n) is 3.08. The van der Waals surface area contributed by atoms with Crippen LogP contribution >= 0.6 is 11.6 Å². The van der Waals surface area contributed by atoms with Crippen molar-refractivity contribution in [3.05, 3.63) is 58.6 Å². The van der Waals surface area contributed by atoms with Crippen LogP contribution in [-0.2, 0) is 11.3 Å². The molecule has 8 nitrogen and oxygen atoms in total. The minimum atomic E-state index is -0.894. The van der Waals surface area contributed by atoms with Crippen molar-refractivity contribution >= 4 is 29.3 Å². The second-order valence-electron chi connectivity index (χ2n) is 7.09. The fraction of sp³-hybridized carbons (Fsp3) is 0.348. The van der Waals surface area contributed by atoms with Crippen molar-refractivity contribution in [2.24, 2.45) is 0 Å². The molecule has 33 heavy (non-hydrogen) atoms. The zero-order chi connectivity index (χ0) is 24.2. The van der Waals surface area contributed by atoms with E-state index >= 15 is 0 Å². The molecular weight excluding hydrogens is 451 g/mol. The maximum absolute atomic E-state index is 13.1. The van der Waals surface area contributed by atoms with Gasteiger partial charge >= 0.3 is 0 Å². The molecule has 2 aromatic rings. The summed E-state index contributed by atoms with van der Waals surface area (Å²) < 4.78 is 23.0. The van der Waals surface area contributed by atoms with Gasteiger partial charge in [0, 0.05) is 18.1 Å². The van der Waals surface area contributed by atoms with Crippen LogP contribution in [0.5, 0.6) is 11.5 Å². The molecule has 0 aliphatic rings. The van der Waals surface area contributed by atoms with Crippen LogP contribution in [0.4, 0.5) is 4.39 Å². The lowest BCUT2D eigenvalue weighted by Crippen LogP contribution is -2.47. The summed E-state index contributed by atoms with van der Waals surface area (Å²) in [5.74, 6) is -0.523. The highest BCUT2D eigenvalue weighted by Gasteiger charge is 2.25. The Balaban J connectivity index is 2.12. The van der Waals surface area contributed by atoms with Crippen LogP contribution in [-0.4, -0.2) is 51.1 Å². The first-order valence-electron chi connectivity index (χ1n) is 10.3. The molecule has 4 N–H and O–H groups in total. The van der Waals surface area contributed by atoms with Gasteiger partial charge in [0.25, 0.3) is 5.91 Å². The van der Waals surface area contributed by atoms with Gasteiger partial charge in [-0.3, -0.25) is 15.0 Å². The summed E-state index contributed by atoms with van der Waals surface area (Å²) in [6.45, 7) is -0.349. The highest BCUT2D eigenvalue weighted by Crippen LogP contribution is 2.28. The molecule has 0 saturated carbocycles. The number of carbonyl (C=O) groups excluding carboxylic acids is 2. The number of ether oxygens (including phenoxy) is 2. The molecule has 0 aliphatic heterocycles. The van der Waals surface area contributed by atoms with Gasteiger partial charge in [0.1, 0.15) is 35.6 Å². The predicted molar refractivity (Wildman–Crippen MR) is 125 cm³/mol. The number of carbonyl (C=O) groups is 2. The normalized spacial score (nSPS) is 11.3. The van der Waals surface area contributed by atoms with Gasteiger partial charge in [0.2, 0.25) is 5.91 Å². The lowest BCUT2D eigenvalue weighted by Gasteiger charge is -2.20. The second kappa shape index (κ2) is 13.3. The van der Waals surface area contributed by atoms with Gasteiger partial charge < -0.3 is 25.4 Å². The molecule has 2 rings (SSSR count). The smallest absolute Gasteiger partial charge is 0.259 e. The molecule has 0 heterocycles. The van der Waals surface area contributed by atoms with Crippen molar-refractivity contribution in [2.45, 2.75) is 25.4 Å². The topological polar surface area (TPSA) is 113 Å². The minimum absolute atomic E-state index is 0.176. The van der Waals surface area contributed by atoms with Crippen molar-refractivity contribution in [2.75, 3.05) is 27.4 Å². The van der Waals surface area contributed by atoms with Gasteiger partial charge in [0.15, 0.2) is 0 Å². The van der Waals surface area contributed by atoms with Crippen LogP contribution in [0, 0.1) is 5.41 Å². The lowest BCUT2D eigenvalue weighted by atomic mass is 10.1. The Hall–Kier alpha value is -3.33. The first-order valence-corrected chi connectivity index (χ1v) is 10.7. The molecule has 0 bridgehead atoms. The van der Waals surface area contributed by atoms with Crippen LogP contribution < -0.4 is 25.4 Å². The number of methoxy groups -OCH3 is 2. The first kappa shape index (κ1) is 25.9. The Kier molecular flexibility index (Phi) is 10.4. The zero-order valence-corrected chi connectivity index (χ0v) is 19.3. The summed E-state index contributed by atoms with van der Waals surface area (Å²) in [6, 6.07) is 11.1. The first-order chi connectivity index (χ1) is 15.9. The summed E-state index contributed by atoms with van der Waals surface area (Å²) in [5, 5.41) is 16.1. The number of rotatable bonds is 12. The van der Waals surface area contributed by atoms with E-state index in [0.717, 1.165) is 5.56 Å². The molecular formula is C23H28ClFN4O4. The van der Waals surface area contributed by atoms with E-state index < -0.39 is 18.6 Å². The van der Waals surface area contributed by atoms with Crippen molar-refractivity contribution < 1.29 is 23.5 Å². The van der Waals surface area contributed by atoms with Crippen LogP contribution in [0.1, 0.15) is 28.8 Å². The van der Waals surface area contributed by atoms with E-state index in [1.807, 2.05) is 0 Å². The maximum Gasteiger partial charge on any atom is 0.259 e. The van der Waals surface area contributed by atoms with Gasteiger partial charge in [-0.15, -0.1) is 0 Å². The molecule has 2 aromatic carbocycles. The standard InChI is InChI=1S/C23H28ClFN4O4/c1-32-18-6-3-7-19(33-2)21(18)23(31)29-17(5-4-12-27-20(26)13-25)22(30)28-14-15-8-10-16(24)11-9-15/h3,6-11,17H,4-5,12-14H2,1-2H3,(H2,26,27)(H,28,30)(H,29,31)/t17-/m0/s1. The Labute approximate surface area is 197 Å². The summed E-state index contributed by atoms with van der Waals surface area (Å²) in [5.41, 5.74) is 1.03. The van der Waals surface area contributed by atoms with Crippen LogP contribution in [0.3, 0.4) is 0 Å². The molecule has 10 heteroatoms. The molecule has 0 aromatic heterocycles. The minimum Gasteiger partial charge on any atom is -0.496 e. The van der Waals surface area contributed by atoms with Gasteiger partial charge in [-0.2, -0.15) is 0 Å². The second-order valence-corrected chi connectivity index (χ2v) is 7.53. The van der Waals surface area contributed by atoms with E-state index in [2.05, 4.69) is 16.0 Å². The molecule has 0 fully saturated rings. The molecule has 0 saturated heterocycles. The highest BCUT2D eigenvalue weighted by atomic mass is 35.5. The number of amidine groups is 1.